The normalized spacial score (nSPS) is 12.2. The largest absolute Gasteiger partial charge is 0.416 e. The number of nitrogens with zero attached hydrogens (tertiary/aromatic N) is 6. The van der Waals surface area contributed by atoms with Crippen LogP contribution in [0.3, 0.4) is 0 Å². The fraction of sp³-hybridized carbons (Fsp3) is 0.0588. The molecule has 15 heteroatoms. The number of para-hydroxylation sites is 2. The van der Waals surface area contributed by atoms with E-state index in [0.717, 1.165) is 39.5 Å². The Balaban J connectivity index is 1.08. The minimum absolute atomic E-state index is 0.106. The summed E-state index contributed by atoms with van der Waals surface area (Å²) >= 11 is 0. The molecule has 0 saturated heterocycles. The Kier molecular flexibility index (Phi) is 12.4. The zero-order valence-corrected chi connectivity index (χ0v) is 43.4. The SMILES string of the molecule is [C-]#[N+]c1ccc(-n2c3ccccc3c3cc(-c4cc(C(F)(F)F)cc(C(F)(F)F)c4)ccc32)c(-c2ccc(-c3nc(-c4ccccc4)nc(-c4ccccc4)n3)cc2-n2c3ccccc3c3cc(-c4cc(C)cc(C(F)(F)F)c4)ccc32)c1. The van der Waals surface area contributed by atoms with Crippen molar-refractivity contribution in [1.82, 2.24) is 24.1 Å². The zero-order chi connectivity index (χ0) is 57.5. The Morgan fingerprint density at radius 3 is 1.28 bits per heavy atom. The molecule has 404 valence electrons. The summed E-state index contributed by atoms with van der Waals surface area (Å²) in [5.74, 6) is 1.18. The third-order valence-electron chi connectivity index (χ3n) is 14.8. The highest BCUT2D eigenvalue weighted by Crippen LogP contribution is 2.46. The fourth-order valence-corrected chi connectivity index (χ4v) is 11.1. The fourth-order valence-electron chi connectivity index (χ4n) is 11.1. The molecule has 6 nitrogen and oxygen atoms in total. The van der Waals surface area contributed by atoms with Crippen LogP contribution in [-0.2, 0) is 18.5 Å². The molecule has 0 radical (unpaired) electrons. The predicted octanol–water partition coefficient (Wildman–Crippen LogP) is 20.0. The van der Waals surface area contributed by atoms with Gasteiger partial charge in [0.15, 0.2) is 23.2 Å². The molecule has 0 aliphatic carbocycles. The van der Waals surface area contributed by atoms with Crippen LogP contribution < -0.4 is 0 Å². The second-order valence-electron chi connectivity index (χ2n) is 20.1. The lowest BCUT2D eigenvalue weighted by Crippen LogP contribution is -2.11. The first kappa shape index (κ1) is 52.1. The van der Waals surface area contributed by atoms with E-state index in [1.54, 1.807) is 49.4 Å². The van der Waals surface area contributed by atoms with E-state index in [-0.39, 0.29) is 22.9 Å². The van der Waals surface area contributed by atoms with Gasteiger partial charge >= 0.3 is 18.5 Å². The molecule has 0 spiro atoms. The Hall–Kier alpha value is -10.3. The van der Waals surface area contributed by atoms with Crippen LogP contribution in [0.1, 0.15) is 22.3 Å². The highest BCUT2D eigenvalue weighted by atomic mass is 19.4. The molecule has 0 unspecified atom stereocenters. The van der Waals surface area contributed by atoms with Gasteiger partial charge in [0, 0.05) is 43.8 Å². The van der Waals surface area contributed by atoms with Gasteiger partial charge in [-0.05, 0) is 125 Å². The average Bonchev–Trinajstić information content (AvgIpc) is 2.26. The Bertz CT molecular complexity index is 4690. The molecule has 3 aromatic heterocycles. The number of hydrogen-bond acceptors (Lipinski definition) is 3. The first-order valence-corrected chi connectivity index (χ1v) is 26.0. The molecule has 0 N–H and O–H groups in total. The molecule has 0 fully saturated rings. The predicted molar refractivity (Wildman–Crippen MR) is 307 cm³/mol. The third-order valence-corrected chi connectivity index (χ3v) is 14.8. The molecule has 0 aliphatic rings. The molecule has 0 bridgehead atoms. The monoisotopic (exact) mass is 1110 g/mol. The van der Waals surface area contributed by atoms with Crippen molar-refractivity contribution in [3.8, 4) is 78.9 Å². The van der Waals surface area contributed by atoms with E-state index in [1.165, 1.54) is 6.07 Å². The lowest BCUT2D eigenvalue weighted by Gasteiger charge is -2.20. The van der Waals surface area contributed by atoms with Crippen LogP contribution in [-0.4, -0.2) is 24.1 Å². The summed E-state index contributed by atoms with van der Waals surface area (Å²) in [6.07, 6.45) is -14.7. The van der Waals surface area contributed by atoms with Crippen molar-refractivity contribution in [1.29, 1.82) is 0 Å². The number of aryl methyl sites for hydroxylation is 1. The van der Waals surface area contributed by atoms with Crippen LogP contribution in [0.5, 0.6) is 0 Å². The van der Waals surface area contributed by atoms with Crippen LogP contribution in [0, 0.1) is 13.5 Å². The first-order chi connectivity index (χ1) is 39.9. The number of rotatable bonds is 8. The molecule has 0 amide bonds. The number of benzene rings is 10. The Labute approximate surface area is 467 Å². The second-order valence-corrected chi connectivity index (χ2v) is 20.1. The van der Waals surface area contributed by atoms with Crippen molar-refractivity contribution in [2.45, 2.75) is 25.5 Å². The molecule has 0 aliphatic heterocycles. The standard InChI is InChI=1S/C68H39F9N6/c1-39-29-45(31-47(30-39)66(69,70)71)42-22-27-60-55(34-42)52-18-10-12-20-58(52)83(60)62-36-44(65-80-63(40-13-5-3-6-14-40)79-64(81-65)41-15-7-4-8-16-41)21-25-53(62)56-38-50(78-2)24-28-61(56)82-57-19-11-9-17-51(57)54-35-43(23-26-59(54)82)46-32-48(67(72,73)74)37-49(33-46)68(75,76)77/h3-38H,1H3. The van der Waals surface area contributed by atoms with E-state index in [2.05, 4.69) is 9.41 Å². The van der Waals surface area contributed by atoms with E-state index in [0.29, 0.717) is 102 Å². The van der Waals surface area contributed by atoms with E-state index in [9.17, 15) is 39.5 Å². The van der Waals surface area contributed by atoms with Crippen LogP contribution in [0.15, 0.2) is 218 Å². The van der Waals surface area contributed by atoms with E-state index in [1.807, 2.05) is 144 Å². The molecule has 0 saturated carbocycles. The Morgan fingerprint density at radius 2 is 0.771 bits per heavy atom. The van der Waals surface area contributed by atoms with Gasteiger partial charge in [-0.1, -0.05) is 133 Å². The summed E-state index contributed by atoms with van der Waals surface area (Å²) in [4.78, 5) is 18.9. The van der Waals surface area contributed by atoms with E-state index >= 15 is 0 Å². The summed E-state index contributed by atoms with van der Waals surface area (Å²) in [7, 11) is 0. The summed E-state index contributed by atoms with van der Waals surface area (Å²) < 4.78 is 132. The minimum Gasteiger partial charge on any atom is -0.309 e. The molecule has 0 atom stereocenters. The summed E-state index contributed by atoms with van der Waals surface area (Å²) in [5.41, 5.74) is 4.95. The minimum atomic E-state index is -5.06. The van der Waals surface area contributed by atoms with Gasteiger partial charge < -0.3 is 9.13 Å². The van der Waals surface area contributed by atoms with Crippen LogP contribution in [0.4, 0.5) is 45.2 Å². The maximum Gasteiger partial charge on any atom is 0.416 e. The lowest BCUT2D eigenvalue weighted by atomic mass is 9.97. The van der Waals surface area contributed by atoms with Crippen LogP contribution in [0.25, 0.3) is 127 Å². The molecule has 3 heterocycles. The van der Waals surface area contributed by atoms with Gasteiger partial charge in [-0.3, -0.25) is 0 Å². The second kappa shape index (κ2) is 19.7. The van der Waals surface area contributed by atoms with Crippen molar-refractivity contribution >= 4 is 49.3 Å². The topological polar surface area (TPSA) is 52.9 Å². The Morgan fingerprint density at radius 1 is 0.337 bits per heavy atom. The molecular weight excluding hydrogens is 1070 g/mol. The van der Waals surface area contributed by atoms with Gasteiger partial charge in [-0.15, -0.1) is 0 Å². The van der Waals surface area contributed by atoms with Gasteiger partial charge in [0.2, 0.25) is 0 Å². The molecule has 10 aromatic carbocycles. The lowest BCUT2D eigenvalue weighted by molar-refractivity contribution is -0.143. The quantitative estimate of drug-likeness (QED) is 0.113. The van der Waals surface area contributed by atoms with E-state index < -0.39 is 35.2 Å². The number of alkyl halides is 9. The van der Waals surface area contributed by atoms with Crippen molar-refractivity contribution in [2.75, 3.05) is 0 Å². The summed E-state index contributed by atoms with van der Waals surface area (Å²) in [5, 5.41) is 2.71. The average molecular weight is 1110 g/mol. The summed E-state index contributed by atoms with van der Waals surface area (Å²) in [6.45, 7) is 9.92. The highest BCUT2D eigenvalue weighted by Gasteiger charge is 2.37. The van der Waals surface area contributed by atoms with Crippen molar-refractivity contribution < 1.29 is 39.5 Å². The number of halogens is 9. The van der Waals surface area contributed by atoms with Crippen LogP contribution >= 0.6 is 0 Å². The number of aromatic nitrogens is 5. The van der Waals surface area contributed by atoms with Crippen molar-refractivity contribution in [3.63, 3.8) is 0 Å². The maximum atomic E-state index is 14.3. The van der Waals surface area contributed by atoms with Gasteiger partial charge in [-0.2, -0.15) is 39.5 Å². The first-order valence-electron chi connectivity index (χ1n) is 26.0. The van der Waals surface area contributed by atoms with E-state index in [4.69, 9.17) is 21.5 Å². The molecule has 13 aromatic rings. The van der Waals surface area contributed by atoms with Gasteiger partial charge in [0.25, 0.3) is 0 Å². The number of fused-ring (bicyclic) bond motifs is 6. The summed E-state index contributed by atoms with van der Waals surface area (Å²) in [6, 6.07) is 60.8. The highest BCUT2D eigenvalue weighted by molar-refractivity contribution is 6.13. The molecule has 13 rings (SSSR count). The maximum absolute atomic E-state index is 14.3. The third kappa shape index (κ3) is 9.47. The zero-order valence-electron chi connectivity index (χ0n) is 43.4. The molecule has 83 heavy (non-hydrogen) atoms. The van der Waals surface area contributed by atoms with Crippen LogP contribution in [0.2, 0.25) is 0 Å². The van der Waals surface area contributed by atoms with Gasteiger partial charge in [-0.25, -0.2) is 19.8 Å². The van der Waals surface area contributed by atoms with Gasteiger partial charge in [0.05, 0.1) is 56.7 Å². The number of hydrogen-bond donors (Lipinski definition) is 0. The van der Waals surface area contributed by atoms with Crippen molar-refractivity contribution in [3.05, 3.63) is 252 Å². The smallest absolute Gasteiger partial charge is 0.309 e. The molecular formula is C68H39F9N6. The van der Waals surface area contributed by atoms with Crippen molar-refractivity contribution in [2.24, 2.45) is 0 Å². The van der Waals surface area contributed by atoms with Gasteiger partial charge in [0.1, 0.15) is 0 Å².